The van der Waals surface area contributed by atoms with Gasteiger partial charge in [0, 0.05) is 24.5 Å². The number of hydrogen-bond donors (Lipinski definition) is 0. The van der Waals surface area contributed by atoms with Crippen molar-refractivity contribution >= 4 is 25.7 Å². The normalized spacial score (nSPS) is 14.9. The van der Waals surface area contributed by atoms with Crippen molar-refractivity contribution in [3.05, 3.63) is 89.0 Å². The van der Waals surface area contributed by atoms with Crippen molar-refractivity contribution in [2.75, 3.05) is 22.2 Å². The Hall–Kier alpha value is -2.52. The quantitative estimate of drug-likeness (QED) is 0.315. The Morgan fingerprint density at radius 1 is 0.486 bits per heavy atom. The second-order valence-corrected chi connectivity index (χ2v) is 13.5. The number of para-hydroxylation sites is 2. The van der Waals surface area contributed by atoms with Crippen LogP contribution in [0.5, 0.6) is 0 Å². The SMILES string of the molecule is CC(C)c1cccc(C(C)C)c1N1CCN(c2c(C(C)C)cccc2C(C)C)[Si]1c1ccccc1. The maximum Gasteiger partial charge on any atom is 0.336 e. The highest BCUT2D eigenvalue weighted by molar-refractivity contribution is 6.81. The molecule has 0 aromatic heterocycles. The molecule has 0 atom stereocenters. The molecule has 3 heteroatoms. The fourth-order valence-corrected chi connectivity index (χ4v) is 8.51. The van der Waals surface area contributed by atoms with E-state index in [1.807, 2.05) is 0 Å². The number of benzene rings is 3. The Balaban J connectivity index is 1.97. The summed E-state index contributed by atoms with van der Waals surface area (Å²) < 4.78 is 5.62. The third-order valence-electron chi connectivity index (χ3n) is 7.32. The summed E-state index contributed by atoms with van der Waals surface area (Å²) >= 11 is 0. The highest BCUT2D eigenvalue weighted by atomic mass is 28.3. The molecule has 0 saturated carbocycles. The molecule has 0 aliphatic carbocycles. The van der Waals surface area contributed by atoms with Crippen molar-refractivity contribution < 1.29 is 0 Å². The lowest BCUT2D eigenvalue weighted by Crippen LogP contribution is -2.54. The third kappa shape index (κ3) is 4.93. The number of nitrogens with zero attached hydrogens (tertiary/aromatic N) is 2. The predicted octanol–water partition coefficient (Wildman–Crippen LogP) is 7.90. The molecule has 1 saturated heterocycles. The molecule has 1 fully saturated rings. The molecule has 1 aliphatic heterocycles. The van der Waals surface area contributed by atoms with E-state index in [1.165, 1.54) is 38.8 Å². The van der Waals surface area contributed by atoms with Crippen LogP contribution in [0, 0.1) is 0 Å². The van der Waals surface area contributed by atoms with Crippen LogP contribution < -0.4 is 14.3 Å². The molecule has 0 amide bonds. The van der Waals surface area contributed by atoms with Gasteiger partial charge in [0.2, 0.25) is 0 Å². The van der Waals surface area contributed by atoms with E-state index in [0.29, 0.717) is 23.7 Å². The maximum atomic E-state index is 2.81. The first-order valence-corrected chi connectivity index (χ1v) is 14.8. The summed E-state index contributed by atoms with van der Waals surface area (Å²) in [7, 11) is -1.22. The fourth-order valence-electron chi connectivity index (χ4n) is 5.54. The molecule has 185 valence electrons. The van der Waals surface area contributed by atoms with Gasteiger partial charge >= 0.3 is 9.12 Å². The highest BCUT2D eigenvalue weighted by Crippen LogP contribution is 2.41. The lowest BCUT2D eigenvalue weighted by atomic mass is 9.92. The lowest BCUT2D eigenvalue weighted by Gasteiger charge is -2.36. The first kappa shape index (κ1) is 25.6. The van der Waals surface area contributed by atoms with E-state index in [-0.39, 0.29) is 0 Å². The molecule has 1 aliphatic rings. The summed E-state index contributed by atoms with van der Waals surface area (Å²) in [5.74, 6) is 1.97. The third-order valence-corrected chi connectivity index (χ3v) is 10.1. The summed E-state index contributed by atoms with van der Waals surface area (Å²) in [4.78, 5) is 0. The second kappa shape index (κ2) is 10.6. The first-order valence-electron chi connectivity index (χ1n) is 13.4. The molecular weight excluding hydrogens is 440 g/mol. The van der Waals surface area contributed by atoms with E-state index in [9.17, 15) is 0 Å². The molecule has 4 rings (SSSR count). The van der Waals surface area contributed by atoms with E-state index in [2.05, 4.69) is 131 Å². The lowest BCUT2D eigenvalue weighted by molar-refractivity contribution is 0.821. The Bertz CT molecular complexity index is 1010. The Kier molecular flexibility index (Phi) is 7.76. The Morgan fingerprint density at radius 2 is 0.829 bits per heavy atom. The van der Waals surface area contributed by atoms with Crippen molar-refractivity contribution in [3.63, 3.8) is 0 Å². The summed E-state index contributed by atoms with van der Waals surface area (Å²) in [5, 5.41) is 1.47. The topological polar surface area (TPSA) is 6.48 Å². The van der Waals surface area contributed by atoms with Crippen LogP contribution >= 0.6 is 0 Å². The van der Waals surface area contributed by atoms with Gasteiger partial charge in [-0.15, -0.1) is 0 Å². The number of rotatable bonds is 7. The van der Waals surface area contributed by atoms with Crippen LogP contribution in [0.2, 0.25) is 0 Å². The zero-order valence-electron chi connectivity index (χ0n) is 23.0. The molecule has 0 spiro atoms. The Labute approximate surface area is 215 Å². The summed E-state index contributed by atoms with van der Waals surface area (Å²) in [6.45, 7) is 20.9. The van der Waals surface area contributed by atoms with E-state index >= 15 is 0 Å². The van der Waals surface area contributed by atoms with E-state index in [0.717, 1.165) is 13.1 Å². The smallest absolute Gasteiger partial charge is 0.336 e. The monoisotopic (exact) mass is 483 g/mol. The summed E-state index contributed by atoms with van der Waals surface area (Å²) in [6, 6.07) is 25.3. The van der Waals surface area contributed by atoms with Gasteiger partial charge in [-0.2, -0.15) is 0 Å². The predicted molar refractivity (Wildman–Crippen MR) is 156 cm³/mol. The van der Waals surface area contributed by atoms with Crippen molar-refractivity contribution in [2.24, 2.45) is 0 Å². The molecule has 0 unspecified atom stereocenters. The van der Waals surface area contributed by atoms with Crippen LogP contribution in [0.25, 0.3) is 0 Å². The minimum Gasteiger partial charge on any atom is -0.375 e. The van der Waals surface area contributed by atoms with Gasteiger partial charge in [-0.3, -0.25) is 0 Å². The van der Waals surface area contributed by atoms with Gasteiger partial charge in [-0.1, -0.05) is 122 Å². The van der Waals surface area contributed by atoms with Crippen LogP contribution in [0.3, 0.4) is 0 Å². The average molecular weight is 484 g/mol. The molecule has 2 nitrogen and oxygen atoms in total. The van der Waals surface area contributed by atoms with Crippen molar-refractivity contribution in [3.8, 4) is 0 Å². The van der Waals surface area contributed by atoms with Crippen molar-refractivity contribution in [2.45, 2.75) is 79.1 Å². The van der Waals surface area contributed by atoms with E-state index in [4.69, 9.17) is 0 Å². The molecule has 0 bridgehead atoms. The first-order chi connectivity index (χ1) is 16.7. The maximum absolute atomic E-state index is 2.81. The minimum absolute atomic E-state index is 0.492. The van der Waals surface area contributed by atoms with E-state index < -0.39 is 9.12 Å². The second-order valence-electron chi connectivity index (χ2n) is 11.2. The molecule has 1 radical (unpaired) electrons. The zero-order valence-corrected chi connectivity index (χ0v) is 24.0. The number of anilines is 2. The summed E-state index contributed by atoms with van der Waals surface area (Å²) in [6.07, 6.45) is 0. The van der Waals surface area contributed by atoms with Crippen LogP contribution in [-0.2, 0) is 0 Å². The highest BCUT2D eigenvalue weighted by Gasteiger charge is 2.41. The van der Waals surface area contributed by atoms with Crippen LogP contribution in [0.1, 0.15) is 101 Å². The zero-order chi connectivity index (χ0) is 25.3. The number of hydrogen-bond acceptors (Lipinski definition) is 2. The average Bonchev–Trinajstić information content (AvgIpc) is 3.27. The van der Waals surface area contributed by atoms with Gasteiger partial charge in [0.25, 0.3) is 0 Å². The standard InChI is InChI=1S/C32H43N2Si/c1-22(2)27-16-12-17-28(23(3)4)31(27)33-20-21-34(35(33)26-14-10-9-11-15-26)32-29(24(5)6)18-13-19-30(32)25(7)8/h9-19,22-25H,20-21H2,1-8H3. The van der Waals surface area contributed by atoms with Gasteiger partial charge < -0.3 is 9.13 Å². The molecule has 35 heavy (non-hydrogen) atoms. The largest absolute Gasteiger partial charge is 0.375 e. The Morgan fingerprint density at radius 3 is 1.14 bits per heavy atom. The van der Waals surface area contributed by atoms with Crippen LogP contribution in [0.15, 0.2) is 66.7 Å². The van der Waals surface area contributed by atoms with Crippen LogP contribution in [-0.4, -0.2) is 22.2 Å². The van der Waals surface area contributed by atoms with Crippen molar-refractivity contribution in [1.82, 2.24) is 0 Å². The molecule has 3 aromatic carbocycles. The molecule has 3 aromatic rings. The molecule has 1 heterocycles. The molecular formula is C32H43N2Si. The fraction of sp³-hybridized carbons (Fsp3) is 0.438. The van der Waals surface area contributed by atoms with Gasteiger partial charge in [0.15, 0.2) is 0 Å². The van der Waals surface area contributed by atoms with Crippen molar-refractivity contribution in [1.29, 1.82) is 0 Å². The van der Waals surface area contributed by atoms with Gasteiger partial charge in [0.1, 0.15) is 0 Å². The van der Waals surface area contributed by atoms with E-state index in [1.54, 1.807) is 0 Å². The van der Waals surface area contributed by atoms with Gasteiger partial charge in [-0.05, 0) is 51.1 Å². The van der Waals surface area contributed by atoms with Gasteiger partial charge in [-0.25, -0.2) is 0 Å². The van der Waals surface area contributed by atoms with Crippen LogP contribution in [0.4, 0.5) is 11.4 Å². The summed E-state index contributed by atoms with van der Waals surface area (Å²) in [5.41, 5.74) is 8.92. The molecule has 0 N–H and O–H groups in total. The minimum atomic E-state index is -1.22. The van der Waals surface area contributed by atoms with Gasteiger partial charge in [0.05, 0.1) is 0 Å².